The highest BCUT2D eigenvalue weighted by Crippen LogP contribution is 2.42. The number of aromatic nitrogens is 1. The first-order valence-electron chi connectivity index (χ1n) is 11.1. The summed E-state index contributed by atoms with van der Waals surface area (Å²) in [4.78, 5) is 5.06. The smallest absolute Gasteiger partial charge is 0.262 e. The Morgan fingerprint density at radius 2 is 1.72 bits per heavy atom. The number of benzene rings is 2. The number of fused-ring (bicyclic) bond motifs is 1. The van der Waals surface area contributed by atoms with Crippen molar-refractivity contribution in [1.82, 2.24) is 9.71 Å². The quantitative estimate of drug-likeness (QED) is 0.472. The van der Waals surface area contributed by atoms with Gasteiger partial charge < -0.3 is 0 Å². The zero-order valence-corrected chi connectivity index (χ0v) is 21.3. The van der Waals surface area contributed by atoms with Crippen LogP contribution in [-0.4, -0.2) is 45.4 Å². The summed E-state index contributed by atoms with van der Waals surface area (Å²) in [6, 6.07) is 13.2. The van der Waals surface area contributed by atoms with Crippen molar-refractivity contribution < 1.29 is 21.2 Å². The van der Waals surface area contributed by atoms with Crippen LogP contribution in [0, 0.1) is 17.1 Å². The highest BCUT2D eigenvalue weighted by molar-refractivity contribution is 8.00. The molecule has 0 atom stereocenters. The summed E-state index contributed by atoms with van der Waals surface area (Å²) in [5, 5.41) is 8.32. The summed E-state index contributed by atoms with van der Waals surface area (Å²) in [6.45, 7) is 0.246. The van der Waals surface area contributed by atoms with Crippen molar-refractivity contribution in [2.75, 3.05) is 16.6 Å². The van der Waals surface area contributed by atoms with E-state index in [1.54, 1.807) is 30.5 Å². The first-order valence-corrected chi connectivity index (χ1v) is 15.1. The second-order valence-electron chi connectivity index (χ2n) is 8.56. The summed E-state index contributed by atoms with van der Waals surface area (Å²) in [5.41, 5.74) is 2.58. The minimum atomic E-state index is -3.96. The predicted molar refractivity (Wildman–Crippen MR) is 135 cm³/mol. The third-order valence-corrected chi connectivity index (χ3v) is 11.2. The molecule has 2 heterocycles. The largest absolute Gasteiger partial charge is 0.301 e. The molecule has 0 spiro atoms. The maximum atomic E-state index is 13.3. The molecule has 0 radical (unpaired) electrons. The molecule has 0 saturated heterocycles. The van der Waals surface area contributed by atoms with Crippen molar-refractivity contribution in [1.29, 1.82) is 5.26 Å². The molecule has 186 valence electrons. The lowest BCUT2D eigenvalue weighted by molar-refractivity contribution is 0.378. The minimum absolute atomic E-state index is 0.0265. The van der Waals surface area contributed by atoms with Gasteiger partial charge in [0.2, 0.25) is 0 Å². The lowest BCUT2D eigenvalue weighted by atomic mass is 9.93. The van der Waals surface area contributed by atoms with E-state index in [1.807, 2.05) is 0 Å². The molecule has 8 nitrogen and oxygen atoms in total. The van der Waals surface area contributed by atoms with E-state index in [0.29, 0.717) is 17.0 Å². The number of anilines is 1. The highest BCUT2D eigenvalue weighted by Gasteiger charge is 2.42. The van der Waals surface area contributed by atoms with Gasteiger partial charge in [0.25, 0.3) is 0 Å². The number of thioether (sulfide) groups is 1. The fourth-order valence-electron chi connectivity index (χ4n) is 4.30. The van der Waals surface area contributed by atoms with Crippen LogP contribution in [-0.2, 0) is 20.0 Å². The molecule has 1 aromatic heterocycles. The molecule has 1 fully saturated rings. The molecular weight excluding hydrogens is 523 g/mol. The number of sulfone groups is 1. The summed E-state index contributed by atoms with van der Waals surface area (Å²) >= 11 is 1.54. The topological polar surface area (TPSA) is 120 Å². The predicted octanol–water partition coefficient (Wildman–Crippen LogP) is 3.51. The molecule has 1 aliphatic heterocycles. The molecule has 5 rings (SSSR count). The standard InChI is InChI=1S/C24H21FN4O4S3/c25-18-5-7-20(8-6-18)35(30,31)21-11-19(12-21)28-36(32,33)29-9-10-34-24-22(14-27-15-23(24)29)17-3-1-16(13-26)2-4-17/h1-8,14-15,19,21,28H,9-12H2. The van der Waals surface area contributed by atoms with Crippen LogP contribution in [0.3, 0.4) is 0 Å². The molecule has 1 saturated carbocycles. The SMILES string of the molecule is N#Cc1ccc(-c2cncc3c2SCCN3S(=O)(=O)NC2CC(S(=O)(=O)c3ccc(F)cc3)C2)cc1. The van der Waals surface area contributed by atoms with Crippen molar-refractivity contribution in [2.45, 2.75) is 33.9 Å². The second-order valence-corrected chi connectivity index (χ2v) is 13.5. The van der Waals surface area contributed by atoms with E-state index < -0.39 is 37.2 Å². The van der Waals surface area contributed by atoms with Gasteiger partial charge in [-0.25, -0.2) is 12.8 Å². The van der Waals surface area contributed by atoms with Gasteiger partial charge in [-0.2, -0.15) is 18.4 Å². The molecule has 0 bridgehead atoms. The molecule has 1 N–H and O–H groups in total. The number of hydrogen-bond acceptors (Lipinski definition) is 7. The fraction of sp³-hybridized carbons (Fsp3) is 0.250. The average molecular weight is 545 g/mol. The lowest BCUT2D eigenvalue weighted by Crippen LogP contribution is -2.54. The molecule has 2 aliphatic rings. The molecule has 2 aromatic carbocycles. The van der Waals surface area contributed by atoms with E-state index in [-0.39, 0.29) is 24.3 Å². The van der Waals surface area contributed by atoms with Crippen LogP contribution >= 0.6 is 11.8 Å². The second kappa shape index (κ2) is 9.48. The van der Waals surface area contributed by atoms with Gasteiger partial charge in [-0.15, -0.1) is 11.8 Å². The Kier molecular flexibility index (Phi) is 6.50. The first kappa shape index (κ1) is 24.7. The number of rotatable bonds is 6. The van der Waals surface area contributed by atoms with E-state index >= 15 is 0 Å². The van der Waals surface area contributed by atoms with Crippen LogP contribution < -0.4 is 9.03 Å². The minimum Gasteiger partial charge on any atom is -0.262 e. The zero-order chi connectivity index (χ0) is 25.5. The summed E-state index contributed by atoms with van der Waals surface area (Å²) in [6.07, 6.45) is 3.46. The third-order valence-electron chi connectivity index (χ3n) is 6.29. The van der Waals surface area contributed by atoms with Gasteiger partial charge in [-0.05, 0) is 54.8 Å². The Bertz CT molecular complexity index is 1550. The number of halogens is 1. The first-order chi connectivity index (χ1) is 17.2. The van der Waals surface area contributed by atoms with Gasteiger partial charge in [-0.1, -0.05) is 12.1 Å². The van der Waals surface area contributed by atoms with Gasteiger partial charge in [0, 0.05) is 35.0 Å². The van der Waals surface area contributed by atoms with Gasteiger partial charge >= 0.3 is 10.2 Å². The van der Waals surface area contributed by atoms with Crippen molar-refractivity contribution in [3.63, 3.8) is 0 Å². The number of nitrogens with zero attached hydrogens (tertiary/aromatic N) is 3. The summed E-state index contributed by atoms with van der Waals surface area (Å²) in [7, 11) is -7.63. The Balaban J connectivity index is 1.33. The van der Waals surface area contributed by atoms with E-state index in [0.717, 1.165) is 28.2 Å². The fourth-order valence-corrected chi connectivity index (χ4v) is 8.93. The molecular formula is C24H21FN4O4S3. The normalized spacial score (nSPS) is 19.7. The van der Waals surface area contributed by atoms with Crippen molar-refractivity contribution in [2.24, 2.45) is 0 Å². The molecule has 3 aromatic rings. The Morgan fingerprint density at radius 3 is 2.39 bits per heavy atom. The van der Waals surface area contributed by atoms with Gasteiger partial charge in [0.1, 0.15) is 5.82 Å². The van der Waals surface area contributed by atoms with E-state index in [2.05, 4.69) is 15.8 Å². The third kappa shape index (κ3) is 4.59. The maximum Gasteiger partial charge on any atom is 0.301 e. The van der Waals surface area contributed by atoms with Crippen LogP contribution in [0.2, 0.25) is 0 Å². The highest BCUT2D eigenvalue weighted by atomic mass is 32.2. The molecule has 36 heavy (non-hydrogen) atoms. The number of nitriles is 1. The van der Waals surface area contributed by atoms with E-state index in [9.17, 15) is 21.2 Å². The average Bonchev–Trinajstić information content (AvgIpc) is 2.85. The Hall–Kier alpha value is -2.98. The summed E-state index contributed by atoms with van der Waals surface area (Å²) < 4.78 is 69.2. The van der Waals surface area contributed by atoms with Gasteiger partial charge in [-0.3, -0.25) is 9.29 Å². The van der Waals surface area contributed by atoms with Crippen LogP contribution in [0.5, 0.6) is 0 Å². The van der Waals surface area contributed by atoms with Crippen LogP contribution in [0.25, 0.3) is 11.1 Å². The van der Waals surface area contributed by atoms with Crippen LogP contribution in [0.4, 0.5) is 10.1 Å². The van der Waals surface area contributed by atoms with Crippen molar-refractivity contribution in [3.05, 3.63) is 72.3 Å². The van der Waals surface area contributed by atoms with E-state index in [1.165, 1.54) is 34.4 Å². The molecule has 1 aliphatic carbocycles. The number of pyridine rings is 1. The van der Waals surface area contributed by atoms with Gasteiger partial charge in [0.05, 0.1) is 33.7 Å². The monoisotopic (exact) mass is 544 g/mol. The van der Waals surface area contributed by atoms with Crippen molar-refractivity contribution in [3.8, 4) is 17.2 Å². The number of nitrogens with one attached hydrogen (secondary N) is 1. The molecule has 0 amide bonds. The molecule has 0 unspecified atom stereocenters. The molecule has 12 heteroatoms. The number of hydrogen-bond donors (Lipinski definition) is 1. The van der Waals surface area contributed by atoms with Crippen LogP contribution in [0.15, 0.2) is 70.7 Å². The maximum absolute atomic E-state index is 13.3. The summed E-state index contributed by atoms with van der Waals surface area (Å²) in [5.74, 6) is 0.0120. The van der Waals surface area contributed by atoms with E-state index in [4.69, 9.17) is 5.26 Å². The van der Waals surface area contributed by atoms with Gasteiger partial charge in [0.15, 0.2) is 9.84 Å². The van der Waals surface area contributed by atoms with Crippen molar-refractivity contribution >= 4 is 37.5 Å². The van der Waals surface area contributed by atoms with Crippen LogP contribution in [0.1, 0.15) is 18.4 Å². The zero-order valence-electron chi connectivity index (χ0n) is 18.8. The lowest BCUT2D eigenvalue weighted by Gasteiger charge is -2.38. The Morgan fingerprint density at radius 1 is 1.03 bits per heavy atom. The Labute approximate surface area is 213 Å².